The number of carbonyl (C=O) groups excluding carboxylic acids is 2. The van der Waals surface area contributed by atoms with Gasteiger partial charge in [0.1, 0.15) is 17.8 Å². The second kappa shape index (κ2) is 7.62. The number of hydrogen-bond acceptors (Lipinski definition) is 6. The van der Waals surface area contributed by atoms with E-state index in [1.807, 2.05) is 0 Å². The van der Waals surface area contributed by atoms with Gasteiger partial charge in [-0.3, -0.25) is 9.69 Å². The van der Waals surface area contributed by atoms with Crippen molar-refractivity contribution in [3.63, 3.8) is 0 Å². The van der Waals surface area contributed by atoms with Crippen molar-refractivity contribution < 1.29 is 18.8 Å². The van der Waals surface area contributed by atoms with Gasteiger partial charge in [0.2, 0.25) is 11.7 Å². The van der Waals surface area contributed by atoms with Crippen LogP contribution in [0.3, 0.4) is 0 Å². The van der Waals surface area contributed by atoms with E-state index in [4.69, 9.17) is 32.5 Å². The molecule has 0 saturated carbocycles. The van der Waals surface area contributed by atoms with Crippen molar-refractivity contribution >= 4 is 35.1 Å². The van der Waals surface area contributed by atoms with Crippen molar-refractivity contribution in [2.24, 2.45) is 0 Å². The molecule has 1 aliphatic heterocycles. The first-order valence-electron chi connectivity index (χ1n) is 8.88. The van der Waals surface area contributed by atoms with Crippen LogP contribution in [0.1, 0.15) is 18.4 Å². The summed E-state index contributed by atoms with van der Waals surface area (Å²) >= 11 is 12.0. The van der Waals surface area contributed by atoms with Crippen LogP contribution in [0.2, 0.25) is 10.0 Å². The molecule has 4 rings (SSSR count). The van der Waals surface area contributed by atoms with E-state index in [2.05, 4.69) is 15.5 Å². The minimum Gasteiger partial charge on any atom is -0.497 e. The van der Waals surface area contributed by atoms with Gasteiger partial charge in [-0.05, 0) is 36.8 Å². The van der Waals surface area contributed by atoms with E-state index < -0.39 is 17.5 Å². The number of urea groups is 1. The van der Waals surface area contributed by atoms with Gasteiger partial charge in [0, 0.05) is 5.56 Å². The van der Waals surface area contributed by atoms with Gasteiger partial charge in [-0.2, -0.15) is 4.98 Å². The lowest BCUT2D eigenvalue weighted by Gasteiger charge is -2.22. The van der Waals surface area contributed by atoms with E-state index in [-0.39, 0.29) is 17.5 Å². The number of halogens is 2. The lowest BCUT2D eigenvalue weighted by Crippen LogP contribution is -2.40. The number of hydrogen-bond donors (Lipinski definition) is 1. The summed E-state index contributed by atoms with van der Waals surface area (Å²) in [6, 6.07) is 11.3. The second-order valence-corrected chi connectivity index (χ2v) is 7.63. The van der Waals surface area contributed by atoms with Crippen molar-refractivity contribution in [2.45, 2.75) is 19.0 Å². The number of amides is 3. The molecule has 1 N–H and O–H groups in total. The first-order valence-corrected chi connectivity index (χ1v) is 9.64. The van der Waals surface area contributed by atoms with Gasteiger partial charge < -0.3 is 14.6 Å². The van der Waals surface area contributed by atoms with Crippen LogP contribution in [-0.4, -0.2) is 34.1 Å². The van der Waals surface area contributed by atoms with E-state index in [0.29, 0.717) is 27.7 Å². The molecule has 2 heterocycles. The lowest BCUT2D eigenvalue weighted by molar-refractivity contribution is -0.131. The number of carbonyl (C=O) groups is 2. The summed E-state index contributed by atoms with van der Waals surface area (Å²) in [7, 11) is 1.56. The highest BCUT2D eigenvalue weighted by Crippen LogP contribution is 2.33. The Hall–Kier alpha value is -3.10. The zero-order valence-electron chi connectivity index (χ0n) is 16.0. The molecule has 1 aliphatic rings. The second-order valence-electron chi connectivity index (χ2n) is 6.82. The number of imide groups is 1. The Kier molecular flexibility index (Phi) is 5.13. The Bertz CT molecular complexity index is 1150. The van der Waals surface area contributed by atoms with E-state index in [1.165, 1.54) is 0 Å². The molecule has 1 saturated heterocycles. The molecular formula is C20H16Cl2N4O4. The summed E-state index contributed by atoms with van der Waals surface area (Å²) in [5.74, 6) is 0.621. The molecule has 0 radical (unpaired) electrons. The van der Waals surface area contributed by atoms with Crippen molar-refractivity contribution in [1.29, 1.82) is 0 Å². The molecule has 0 spiro atoms. The molecule has 30 heavy (non-hydrogen) atoms. The van der Waals surface area contributed by atoms with Gasteiger partial charge in [0.05, 0.1) is 17.2 Å². The number of methoxy groups -OCH3 is 1. The Morgan fingerprint density at radius 3 is 2.70 bits per heavy atom. The van der Waals surface area contributed by atoms with E-state index in [0.717, 1.165) is 4.90 Å². The maximum absolute atomic E-state index is 13.1. The van der Waals surface area contributed by atoms with Crippen LogP contribution >= 0.6 is 23.2 Å². The summed E-state index contributed by atoms with van der Waals surface area (Å²) in [6.07, 6.45) is 0. The quantitative estimate of drug-likeness (QED) is 0.594. The fourth-order valence-electron chi connectivity index (χ4n) is 3.18. The molecule has 154 valence electrons. The highest BCUT2D eigenvalue weighted by Gasteiger charge is 2.49. The molecule has 10 heteroatoms. The van der Waals surface area contributed by atoms with Crippen LogP contribution in [0.15, 0.2) is 47.0 Å². The molecule has 1 fully saturated rings. The normalized spacial score (nSPS) is 18.6. The zero-order valence-corrected chi connectivity index (χ0v) is 17.5. The average molecular weight is 447 g/mol. The summed E-state index contributed by atoms with van der Waals surface area (Å²) in [6.45, 7) is 1.43. The van der Waals surface area contributed by atoms with Gasteiger partial charge in [0.25, 0.3) is 5.91 Å². The summed E-state index contributed by atoms with van der Waals surface area (Å²) in [4.78, 5) is 30.9. The zero-order chi connectivity index (χ0) is 21.5. The smallest absolute Gasteiger partial charge is 0.325 e. The SMILES string of the molecule is COc1cccc(-c2noc(CN3C(=O)NC(C)(c4ccc(Cl)c(Cl)c4)C3=O)n2)c1. The Morgan fingerprint density at radius 1 is 1.17 bits per heavy atom. The monoisotopic (exact) mass is 446 g/mol. The Morgan fingerprint density at radius 2 is 1.97 bits per heavy atom. The van der Waals surface area contributed by atoms with Crippen LogP contribution in [0, 0.1) is 0 Å². The topological polar surface area (TPSA) is 97.6 Å². The van der Waals surface area contributed by atoms with Crippen LogP contribution in [0.4, 0.5) is 4.79 Å². The first kappa shape index (κ1) is 20.2. The van der Waals surface area contributed by atoms with Gasteiger partial charge in [-0.1, -0.05) is 46.6 Å². The Balaban J connectivity index is 1.57. The maximum Gasteiger partial charge on any atom is 0.325 e. The number of rotatable bonds is 5. The van der Waals surface area contributed by atoms with Crippen LogP contribution in [0.25, 0.3) is 11.4 Å². The molecule has 3 aromatic rings. The summed E-state index contributed by atoms with van der Waals surface area (Å²) < 4.78 is 10.4. The molecule has 1 aromatic heterocycles. The first-order chi connectivity index (χ1) is 14.3. The van der Waals surface area contributed by atoms with Crippen LogP contribution in [0.5, 0.6) is 5.75 Å². The summed E-state index contributed by atoms with van der Waals surface area (Å²) in [5.41, 5.74) is -0.0939. The van der Waals surface area contributed by atoms with Gasteiger partial charge in [0.15, 0.2) is 0 Å². The van der Waals surface area contributed by atoms with Crippen LogP contribution < -0.4 is 10.1 Å². The number of nitrogens with one attached hydrogen (secondary N) is 1. The van der Waals surface area contributed by atoms with Crippen molar-refractivity contribution in [3.05, 3.63) is 64.0 Å². The van der Waals surface area contributed by atoms with E-state index in [9.17, 15) is 9.59 Å². The molecular weight excluding hydrogens is 431 g/mol. The molecule has 2 aromatic carbocycles. The predicted molar refractivity (Wildman–Crippen MR) is 109 cm³/mol. The number of nitrogens with zero attached hydrogens (tertiary/aromatic N) is 3. The number of benzene rings is 2. The summed E-state index contributed by atoms with van der Waals surface area (Å²) in [5, 5.41) is 7.27. The Labute approximate surface area is 181 Å². The lowest BCUT2D eigenvalue weighted by atomic mass is 9.92. The van der Waals surface area contributed by atoms with E-state index in [1.54, 1.807) is 56.5 Å². The molecule has 0 bridgehead atoms. The average Bonchev–Trinajstić information content (AvgIpc) is 3.29. The third-order valence-corrected chi connectivity index (χ3v) is 5.60. The number of aromatic nitrogens is 2. The van der Waals surface area contributed by atoms with Crippen molar-refractivity contribution in [2.75, 3.05) is 7.11 Å². The predicted octanol–water partition coefficient (Wildman–Crippen LogP) is 4.02. The van der Waals surface area contributed by atoms with E-state index >= 15 is 0 Å². The third-order valence-electron chi connectivity index (χ3n) is 4.86. The molecule has 1 atom stereocenters. The fourth-order valence-corrected chi connectivity index (χ4v) is 3.48. The largest absolute Gasteiger partial charge is 0.497 e. The maximum atomic E-state index is 13.1. The van der Waals surface area contributed by atoms with Crippen LogP contribution in [-0.2, 0) is 16.9 Å². The minimum absolute atomic E-state index is 0.120. The third kappa shape index (κ3) is 3.48. The highest BCUT2D eigenvalue weighted by molar-refractivity contribution is 6.42. The highest BCUT2D eigenvalue weighted by atomic mass is 35.5. The molecule has 1 unspecified atom stereocenters. The van der Waals surface area contributed by atoms with Crippen molar-refractivity contribution in [1.82, 2.24) is 20.4 Å². The fraction of sp³-hybridized carbons (Fsp3) is 0.200. The number of ether oxygens (including phenoxy) is 1. The molecule has 3 amide bonds. The standard InChI is InChI=1S/C20H16Cl2N4O4/c1-20(12-6-7-14(21)15(22)9-12)18(27)26(19(28)24-20)10-16-23-17(25-30-16)11-4-3-5-13(8-11)29-2/h3-9H,10H2,1-2H3,(H,24,28). The van der Waals surface area contributed by atoms with Gasteiger partial charge >= 0.3 is 6.03 Å². The van der Waals surface area contributed by atoms with Gasteiger partial charge in [-0.15, -0.1) is 0 Å². The van der Waals surface area contributed by atoms with Gasteiger partial charge in [-0.25, -0.2) is 4.79 Å². The minimum atomic E-state index is -1.29. The van der Waals surface area contributed by atoms with Crippen molar-refractivity contribution in [3.8, 4) is 17.1 Å². The molecule has 8 nitrogen and oxygen atoms in total. The molecule has 0 aliphatic carbocycles.